The van der Waals surface area contributed by atoms with Gasteiger partial charge in [-0.15, -0.1) is 0 Å². The molecule has 0 radical (unpaired) electrons. The van der Waals surface area contributed by atoms with E-state index in [1.165, 1.54) is 0 Å². The number of fused-ring (bicyclic) bond motifs is 2. The Morgan fingerprint density at radius 3 is 2.36 bits per heavy atom. The molecule has 0 N–H and O–H groups in total. The summed E-state index contributed by atoms with van der Waals surface area (Å²) in [7, 11) is 0. The van der Waals surface area contributed by atoms with Crippen molar-refractivity contribution in [2.45, 2.75) is 85.2 Å². The van der Waals surface area contributed by atoms with E-state index < -0.39 is 22.5 Å². The molecule has 1 saturated heterocycles. The first-order valence-corrected chi connectivity index (χ1v) is 10.8. The van der Waals surface area contributed by atoms with E-state index in [9.17, 15) is 14.4 Å². The normalized spacial score (nSPS) is 53.6. The number of carbonyl (C=O) groups is 3. The van der Waals surface area contributed by atoms with Crippen molar-refractivity contribution in [1.82, 2.24) is 0 Å². The summed E-state index contributed by atoms with van der Waals surface area (Å²) >= 11 is 0. The van der Waals surface area contributed by atoms with E-state index in [1.54, 1.807) is 0 Å². The van der Waals surface area contributed by atoms with E-state index in [-0.39, 0.29) is 52.7 Å². The standard InChI is InChI=1S/C23H32O5/c1-11-12-9-13(24)17-22(6)14(20(2,3)8-7-15(22)25)10-16-23(17,18(11)26)19(12)28-21(4,5)27-16/h11-12,14,16-17,19H,7-10H2,1-6H3/t11-,12+,14-,16+,17+,19+,22-,23-/m0/s1. The number of carbonyl (C=O) groups excluding carboxylic acids is 3. The smallest absolute Gasteiger partial charge is 0.163 e. The molecule has 154 valence electrons. The van der Waals surface area contributed by atoms with Crippen LogP contribution in [0.2, 0.25) is 0 Å². The Balaban J connectivity index is 1.78. The van der Waals surface area contributed by atoms with E-state index in [1.807, 2.05) is 27.7 Å². The van der Waals surface area contributed by atoms with Gasteiger partial charge in [0.05, 0.1) is 17.6 Å². The summed E-state index contributed by atoms with van der Waals surface area (Å²) in [4.78, 5) is 40.7. The molecule has 0 aromatic rings. The molecule has 2 bridgehead atoms. The highest BCUT2D eigenvalue weighted by Crippen LogP contribution is 2.72. The van der Waals surface area contributed by atoms with Crippen LogP contribution >= 0.6 is 0 Å². The quantitative estimate of drug-likeness (QED) is 0.637. The summed E-state index contributed by atoms with van der Waals surface area (Å²) in [6, 6.07) is 0. The highest BCUT2D eigenvalue weighted by molar-refractivity contribution is 6.04. The molecule has 4 aliphatic carbocycles. The SMILES string of the molecule is C[C@@H]1C(=O)[C@]23[C@@H]4OC(C)(C)O[C@@H]2C[C@H]2C(C)(C)CCC(=O)[C@@]2(C)[C@H]3C(=O)C[C@H]14. The molecule has 0 unspecified atom stereocenters. The third-order valence-electron chi connectivity index (χ3n) is 9.26. The number of ketones is 3. The molecule has 1 aliphatic heterocycles. The van der Waals surface area contributed by atoms with Gasteiger partial charge in [-0.2, -0.15) is 0 Å². The van der Waals surface area contributed by atoms with Gasteiger partial charge in [-0.1, -0.05) is 27.7 Å². The lowest BCUT2D eigenvalue weighted by molar-refractivity contribution is -0.370. The van der Waals surface area contributed by atoms with Gasteiger partial charge in [-0.25, -0.2) is 0 Å². The van der Waals surface area contributed by atoms with Crippen molar-refractivity contribution in [3.05, 3.63) is 0 Å². The Bertz CT molecular complexity index is 797. The first-order valence-electron chi connectivity index (χ1n) is 10.8. The Morgan fingerprint density at radius 2 is 1.68 bits per heavy atom. The predicted octanol–water partition coefficient (Wildman–Crippen LogP) is 3.33. The first-order chi connectivity index (χ1) is 12.9. The van der Waals surface area contributed by atoms with Gasteiger partial charge in [0.2, 0.25) is 0 Å². The molecule has 28 heavy (non-hydrogen) atoms. The molecule has 1 heterocycles. The average molecular weight is 389 g/mol. The summed E-state index contributed by atoms with van der Waals surface area (Å²) in [5.41, 5.74) is -1.88. The van der Waals surface area contributed by atoms with Gasteiger partial charge in [0.15, 0.2) is 5.79 Å². The molecular formula is C23H32O5. The molecule has 0 aromatic carbocycles. The van der Waals surface area contributed by atoms with Gasteiger partial charge in [0.1, 0.15) is 17.3 Å². The lowest BCUT2D eigenvalue weighted by Gasteiger charge is -2.67. The van der Waals surface area contributed by atoms with Crippen molar-refractivity contribution < 1.29 is 23.9 Å². The van der Waals surface area contributed by atoms with Gasteiger partial charge < -0.3 is 9.47 Å². The topological polar surface area (TPSA) is 69.7 Å². The number of rotatable bonds is 0. The Morgan fingerprint density at radius 1 is 1.00 bits per heavy atom. The fourth-order valence-electron chi connectivity index (χ4n) is 8.14. The van der Waals surface area contributed by atoms with Crippen molar-refractivity contribution in [2.24, 2.45) is 39.9 Å². The fourth-order valence-corrected chi connectivity index (χ4v) is 8.14. The molecule has 5 nitrogen and oxygen atoms in total. The van der Waals surface area contributed by atoms with Gasteiger partial charge in [0, 0.05) is 36.0 Å². The minimum Gasteiger partial charge on any atom is -0.346 e. The monoisotopic (exact) mass is 388 g/mol. The van der Waals surface area contributed by atoms with Crippen LogP contribution in [0, 0.1) is 39.9 Å². The minimum absolute atomic E-state index is 0.0284. The second kappa shape index (κ2) is 5.15. The summed E-state index contributed by atoms with van der Waals surface area (Å²) < 4.78 is 12.8. The summed E-state index contributed by atoms with van der Waals surface area (Å²) in [5, 5.41) is 0. The summed E-state index contributed by atoms with van der Waals surface area (Å²) in [6.45, 7) is 12.1. The largest absolute Gasteiger partial charge is 0.346 e. The number of hydrogen-bond acceptors (Lipinski definition) is 5. The van der Waals surface area contributed by atoms with Crippen LogP contribution in [-0.4, -0.2) is 35.3 Å². The number of ether oxygens (including phenoxy) is 2. The third kappa shape index (κ3) is 1.89. The van der Waals surface area contributed by atoms with Gasteiger partial charge in [-0.05, 0) is 38.0 Å². The van der Waals surface area contributed by atoms with E-state index in [4.69, 9.17) is 9.47 Å². The van der Waals surface area contributed by atoms with Crippen molar-refractivity contribution in [2.75, 3.05) is 0 Å². The third-order valence-corrected chi connectivity index (χ3v) is 9.26. The van der Waals surface area contributed by atoms with Crippen LogP contribution in [0.1, 0.15) is 67.2 Å². The predicted molar refractivity (Wildman–Crippen MR) is 101 cm³/mol. The fraction of sp³-hybridized carbons (Fsp3) is 0.870. The van der Waals surface area contributed by atoms with Crippen molar-refractivity contribution in [3.63, 3.8) is 0 Å². The van der Waals surface area contributed by atoms with Crippen LogP contribution in [0.5, 0.6) is 0 Å². The molecule has 5 heteroatoms. The zero-order valence-electron chi connectivity index (χ0n) is 17.8. The van der Waals surface area contributed by atoms with E-state index in [0.717, 1.165) is 6.42 Å². The van der Waals surface area contributed by atoms with E-state index in [2.05, 4.69) is 13.8 Å². The lowest BCUT2D eigenvalue weighted by Crippen LogP contribution is -2.75. The molecule has 5 rings (SSSR count). The second-order valence-electron chi connectivity index (χ2n) is 11.4. The van der Waals surface area contributed by atoms with Gasteiger partial charge in [0.25, 0.3) is 0 Å². The maximum atomic E-state index is 13.8. The Labute approximate surface area is 166 Å². The highest BCUT2D eigenvalue weighted by Gasteiger charge is 2.81. The van der Waals surface area contributed by atoms with Crippen LogP contribution in [0.25, 0.3) is 0 Å². The van der Waals surface area contributed by atoms with Gasteiger partial charge in [-0.3, -0.25) is 14.4 Å². The molecule has 5 fully saturated rings. The van der Waals surface area contributed by atoms with Crippen LogP contribution < -0.4 is 0 Å². The molecule has 0 amide bonds. The maximum Gasteiger partial charge on any atom is 0.163 e. The van der Waals surface area contributed by atoms with E-state index >= 15 is 0 Å². The van der Waals surface area contributed by atoms with Crippen molar-refractivity contribution in [3.8, 4) is 0 Å². The lowest BCUT2D eigenvalue weighted by atomic mass is 9.39. The minimum atomic E-state index is -0.997. The zero-order valence-corrected chi connectivity index (χ0v) is 17.8. The van der Waals surface area contributed by atoms with Crippen LogP contribution in [-0.2, 0) is 23.9 Å². The van der Waals surface area contributed by atoms with Crippen molar-refractivity contribution in [1.29, 1.82) is 0 Å². The zero-order chi connectivity index (χ0) is 20.4. The molecule has 5 aliphatic rings. The van der Waals surface area contributed by atoms with Crippen LogP contribution in [0.15, 0.2) is 0 Å². The second-order valence-corrected chi connectivity index (χ2v) is 11.4. The van der Waals surface area contributed by atoms with Gasteiger partial charge >= 0.3 is 0 Å². The number of Topliss-reactive ketones (excluding diaryl/α,β-unsaturated/α-hetero) is 3. The number of hydrogen-bond donors (Lipinski definition) is 0. The van der Waals surface area contributed by atoms with Crippen LogP contribution in [0.4, 0.5) is 0 Å². The molecule has 4 saturated carbocycles. The van der Waals surface area contributed by atoms with Crippen LogP contribution in [0.3, 0.4) is 0 Å². The highest BCUT2D eigenvalue weighted by atomic mass is 16.7. The first kappa shape index (κ1) is 18.9. The molecule has 8 atom stereocenters. The van der Waals surface area contributed by atoms with E-state index in [0.29, 0.717) is 19.3 Å². The molecular weight excluding hydrogens is 356 g/mol. The molecule has 1 spiro atoms. The summed E-state index contributed by atoms with van der Waals surface area (Å²) in [6.07, 6.45) is 1.59. The molecule has 0 aromatic heterocycles. The maximum absolute atomic E-state index is 13.8. The Kier molecular flexibility index (Phi) is 3.48. The Hall–Kier alpha value is -1.07. The van der Waals surface area contributed by atoms with Crippen molar-refractivity contribution >= 4 is 17.3 Å². The summed E-state index contributed by atoms with van der Waals surface area (Å²) in [5.74, 6) is -1.39. The average Bonchev–Trinajstić information content (AvgIpc) is 2.72.